The molecule has 222 valence electrons. The molecule has 1 heterocycles. The van der Waals surface area contributed by atoms with Crippen LogP contribution in [0.4, 0.5) is 14.5 Å². The molecule has 1 aliphatic rings. The number of carbonyl (C=O) groups is 2. The fourth-order valence-electron chi connectivity index (χ4n) is 4.23. The van der Waals surface area contributed by atoms with Crippen molar-refractivity contribution in [3.63, 3.8) is 0 Å². The molecule has 43 heavy (non-hydrogen) atoms. The molecule has 3 aromatic rings. The van der Waals surface area contributed by atoms with Crippen molar-refractivity contribution >= 4 is 47.2 Å². The second-order valence-corrected chi connectivity index (χ2v) is 9.46. The Labute approximate surface area is 251 Å². The van der Waals surface area contributed by atoms with Crippen LogP contribution in [0.15, 0.2) is 87.4 Å². The fraction of sp³-hybridized carbons (Fsp3) is 0.194. The van der Waals surface area contributed by atoms with Crippen LogP contribution in [0, 0.1) is 11.6 Å². The normalized spacial score (nSPS) is 14.9. The van der Waals surface area contributed by atoms with Crippen LogP contribution < -0.4 is 11.1 Å². The van der Waals surface area contributed by atoms with Gasteiger partial charge in [0.1, 0.15) is 24.5 Å². The van der Waals surface area contributed by atoms with Crippen molar-refractivity contribution in [3.8, 4) is 0 Å². The molecule has 0 aliphatic carbocycles. The van der Waals surface area contributed by atoms with Gasteiger partial charge >= 0.3 is 0 Å². The molecular weight excluding hydrogens is 580 g/mol. The monoisotopic (exact) mass is 607 g/mol. The molecule has 1 aliphatic heterocycles. The predicted molar refractivity (Wildman–Crippen MR) is 162 cm³/mol. The van der Waals surface area contributed by atoms with E-state index in [9.17, 15) is 18.4 Å². The van der Waals surface area contributed by atoms with Gasteiger partial charge in [-0.2, -0.15) is 0 Å². The quantitative estimate of drug-likeness (QED) is 0.136. The third-order valence-electron chi connectivity index (χ3n) is 6.18. The van der Waals surface area contributed by atoms with E-state index in [-0.39, 0.29) is 50.1 Å². The van der Waals surface area contributed by atoms with Gasteiger partial charge < -0.3 is 25.3 Å². The zero-order chi connectivity index (χ0) is 30.6. The van der Waals surface area contributed by atoms with E-state index in [2.05, 4.69) is 15.3 Å². The van der Waals surface area contributed by atoms with Crippen LogP contribution in [-0.4, -0.2) is 69.5 Å². The average Bonchev–Trinajstić information content (AvgIpc) is 3.14. The van der Waals surface area contributed by atoms with Crippen LogP contribution in [0.1, 0.15) is 27.0 Å². The summed E-state index contributed by atoms with van der Waals surface area (Å²) in [7, 11) is 0. The molecule has 0 radical (unpaired) electrons. The Morgan fingerprint density at radius 2 is 1.77 bits per heavy atom. The van der Waals surface area contributed by atoms with Crippen LogP contribution in [0.5, 0.6) is 0 Å². The molecule has 0 saturated heterocycles. The van der Waals surface area contributed by atoms with E-state index in [1.54, 1.807) is 42.5 Å². The number of aldehydes is 1. The van der Waals surface area contributed by atoms with Gasteiger partial charge in [-0.1, -0.05) is 23.7 Å². The van der Waals surface area contributed by atoms with Crippen LogP contribution in [0.2, 0.25) is 5.02 Å². The number of amides is 1. The summed E-state index contributed by atoms with van der Waals surface area (Å²) >= 11 is 6.32. The minimum atomic E-state index is -0.764. The van der Waals surface area contributed by atoms with Gasteiger partial charge in [0.2, 0.25) is 0 Å². The summed E-state index contributed by atoms with van der Waals surface area (Å²) in [6.07, 6.45) is 3.26. The third-order valence-corrected chi connectivity index (χ3v) is 6.41. The van der Waals surface area contributed by atoms with Crippen LogP contribution in [0.25, 0.3) is 0 Å². The summed E-state index contributed by atoms with van der Waals surface area (Å²) in [5.74, 6) is -1.82. The van der Waals surface area contributed by atoms with E-state index in [0.717, 1.165) is 18.5 Å². The summed E-state index contributed by atoms with van der Waals surface area (Å²) in [5, 5.41) is 3.11. The molecule has 0 unspecified atom stereocenters. The Hall–Kier alpha value is -4.58. The van der Waals surface area contributed by atoms with E-state index in [0.29, 0.717) is 51.6 Å². The number of nitrogens with one attached hydrogen (secondary N) is 1. The minimum Gasteiger partial charge on any atom is -0.390 e. The maximum Gasteiger partial charge on any atom is 0.251 e. The van der Waals surface area contributed by atoms with Crippen molar-refractivity contribution < 1.29 is 27.8 Å². The average molecular weight is 608 g/mol. The van der Waals surface area contributed by atoms with E-state index in [1.807, 2.05) is 0 Å². The number of halogens is 3. The van der Waals surface area contributed by atoms with Gasteiger partial charge in [-0.15, -0.1) is 0 Å². The first-order valence-electron chi connectivity index (χ1n) is 13.2. The highest BCUT2D eigenvalue weighted by Crippen LogP contribution is 2.30. The first-order chi connectivity index (χ1) is 20.9. The lowest BCUT2D eigenvalue weighted by molar-refractivity contribution is -0.112. The number of fused-ring (bicyclic) bond motifs is 1. The van der Waals surface area contributed by atoms with E-state index in [4.69, 9.17) is 31.8 Å². The van der Waals surface area contributed by atoms with Crippen LogP contribution in [0.3, 0.4) is 0 Å². The maximum absolute atomic E-state index is 14.9. The summed E-state index contributed by atoms with van der Waals surface area (Å²) in [5.41, 5.74) is 8.12. The molecule has 0 bridgehead atoms. The summed E-state index contributed by atoms with van der Waals surface area (Å²) in [6.45, 7) is 1.19. The molecule has 3 aromatic carbocycles. The van der Waals surface area contributed by atoms with E-state index < -0.39 is 11.6 Å². The topological polar surface area (TPSA) is 128 Å². The molecule has 0 atom stereocenters. The van der Waals surface area contributed by atoms with Gasteiger partial charge in [0, 0.05) is 40.0 Å². The van der Waals surface area contributed by atoms with Crippen molar-refractivity contribution in [1.29, 1.82) is 0 Å². The Kier molecular flexibility index (Phi) is 11.4. The number of carbonyl (C=O) groups excluding carboxylic acids is 2. The minimum absolute atomic E-state index is 0.00263. The van der Waals surface area contributed by atoms with Crippen LogP contribution >= 0.6 is 11.6 Å². The standard InChI is InChI=1S/C31H28ClF2N5O4/c32-22-6-9-24-25(16-22)30(28-26(33)2-1-3-27(28)34)38-18-21(17-36-19-35)29(24)39-23-7-4-20(5-8-23)31(41)37-10-12-42-14-15-43-13-11-40/h1-9,11,16-17,19H,10,12-15,18H2,(H2,35,36)(H,37,41)/b21-17-,39-29+. The zero-order valence-corrected chi connectivity index (χ0v) is 23.7. The SMILES string of the molecule is N/C=N/C=C1/CN=C(c2c(F)cccc2F)c2cc(Cl)ccc2/C1=N/c1ccc(C(=O)NCCOCCOCC=O)cc1. The maximum atomic E-state index is 14.9. The van der Waals surface area contributed by atoms with Crippen LogP contribution in [-0.2, 0) is 14.3 Å². The molecule has 9 nitrogen and oxygen atoms in total. The van der Waals surface area contributed by atoms with Gasteiger partial charge in [-0.3, -0.25) is 9.79 Å². The second-order valence-electron chi connectivity index (χ2n) is 9.02. The molecule has 3 N–H and O–H groups in total. The third kappa shape index (κ3) is 8.25. The van der Waals surface area contributed by atoms with Crippen molar-refractivity contribution in [3.05, 3.63) is 111 Å². The van der Waals surface area contributed by atoms with E-state index >= 15 is 0 Å². The number of nitrogens with zero attached hydrogens (tertiary/aromatic N) is 3. The number of benzene rings is 3. The highest BCUT2D eigenvalue weighted by atomic mass is 35.5. The fourth-order valence-corrected chi connectivity index (χ4v) is 4.40. The summed E-state index contributed by atoms with van der Waals surface area (Å²) < 4.78 is 40.1. The number of ether oxygens (including phenoxy) is 2. The Balaban J connectivity index is 1.60. The van der Waals surface area contributed by atoms with Gasteiger partial charge in [0.25, 0.3) is 5.91 Å². The summed E-state index contributed by atoms with van der Waals surface area (Å²) in [6, 6.07) is 15.1. The van der Waals surface area contributed by atoms with Crippen molar-refractivity contribution in [2.75, 3.05) is 39.5 Å². The van der Waals surface area contributed by atoms with Gasteiger partial charge in [0.15, 0.2) is 0 Å². The molecule has 1 amide bonds. The largest absolute Gasteiger partial charge is 0.390 e. The number of hydrogen-bond donors (Lipinski definition) is 2. The molecule has 12 heteroatoms. The van der Waals surface area contributed by atoms with Crippen molar-refractivity contribution in [2.24, 2.45) is 20.7 Å². The van der Waals surface area contributed by atoms with E-state index in [1.165, 1.54) is 12.3 Å². The van der Waals surface area contributed by atoms with Gasteiger partial charge in [0.05, 0.1) is 55.4 Å². The van der Waals surface area contributed by atoms with Gasteiger partial charge in [-0.25, -0.2) is 18.8 Å². The lowest BCUT2D eigenvalue weighted by Crippen LogP contribution is -2.27. The first kappa shape index (κ1) is 31.4. The Morgan fingerprint density at radius 1 is 1.02 bits per heavy atom. The Bertz CT molecular complexity index is 1570. The lowest BCUT2D eigenvalue weighted by Gasteiger charge is -2.13. The molecule has 0 spiro atoms. The molecule has 0 saturated carbocycles. The smallest absolute Gasteiger partial charge is 0.251 e. The van der Waals surface area contributed by atoms with Crippen molar-refractivity contribution in [2.45, 2.75) is 0 Å². The lowest BCUT2D eigenvalue weighted by atomic mass is 9.93. The number of hydrogen-bond acceptors (Lipinski definition) is 7. The molecule has 0 fully saturated rings. The number of nitrogens with two attached hydrogens (primary N) is 1. The van der Waals surface area contributed by atoms with Crippen molar-refractivity contribution in [1.82, 2.24) is 5.32 Å². The highest BCUT2D eigenvalue weighted by molar-refractivity contribution is 6.32. The predicted octanol–water partition coefficient (Wildman–Crippen LogP) is 4.42. The first-order valence-corrected chi connectivity index (χ1v) is 13.6. The number of aliphatic imine (C=N–C) groups is 3. The van der Waals surface area contributed by atoms with Gasteiger partial charge in [-0.05, 0) is 48.5 Å². The highest BCUT2D eigenvalue weighted by Gasteiger charge is 2.26. The molecule has 4 rings (SSSR count). The number of rotatable bonds is 12. The second kappa shape index (κ2) is 15.6. The zero-order valence-electron chi connectivity index (χ0n) is 22.9. The molecular formula is C31H28ClF2N5O4. The Morgan fingerprint density at radius 3 is 2.49 bits per heavy atom. The summed E-state index contributed by atoms with van der Waals surface area (Å²) in [4.78, 5) is 36.2. The molecule has 0 aromatic heterocycles.